The lowest BCUT2D eigenvalue weighted by molar-refractivity contribution is 0.248. The number of fused-ring (bicyclic) bond motifs is 3. The van der Waals surface area contributed by atoms with Crippen molar-refractivity contribution in [2.24, 2.45) is 0 Å². The minimum absolute atomic E-state index is 0. The Bertz CT molecular complexity index is 1230. The highest BCUT2D eigenvalue weighted by molar-refractivity contribution is 5.87. The highest BCUT2D eigenvalue weighted by Gasteiger charge is 2.24. The van der Waals surface area contributed by atoms with Crippen LogP contribution in [-0.4, -0.2) is 22.6 Å². The lowest BCUT2D eigenvalue weighted by Gasteiger charge is -2.28. The highest BCUT2D eigenvalue weighted by atomic mass is 35.5. The zero-order valence-corrected chi connectivity index (χ0v) is 19.1. The second-order valence-corrected chi connectivity index (χ2v) is 8.51. The Labute approximate surface area is 198 Å². The monoisotopic (exact) mass is 470 g/mol. The SMILES string of the molecule is Cl.Fc1ccc(CCCCN2CCc3c(c4cc(F)ccc4n3-c3ccc(F)cc3)C2)cc1. The molecule has 0 radical (unpaired) electrons. The molecule has 0 saturated carbocycles. The fraction of sp³-hybridized carbons (Fsp3) is 0.259. The molecule has 2 heterocycles. The van der Waals surface area contributed by atoms with E-state index in [4.69, 9.17) is 0 Å². The number of nitrogens with zero attached hydrogens (tertiary/aromatic N) is 2. The smallest absolute Gasteiger partial charge is 0.123 e. The van der Waals surface area contributed by atoms with Crippen LogP contribution in [-0.2, 0) is 19.4 Å². The van der Waals surface area contributed by atoms with Gasteiger partial charge in [-0.1, -0.05) is 12.1 Å². The van der Waals surface area contributed by atoms with E-state index in [-0.39, 0.29) is 29.9 Å². The van der Waals surface area contributed by atoms with Gasteiger partial charge in [-0.25, -0.2) is 13.2 Å². The van der Waals surface area contributed by atoms with Gasteiger partial charge >= 0.3 is 0 Å². The van der Waals surface area contributed by atoms with Crippen molar-refractivity contribution in [3.63, 3.8) is 0 Å². The van der Waals surface area contributed by atoms with Gasteiger partial charge in [-0.05, 0) is 91.5 Å². The van der Waals surface area contributed by atoms with Crippen LogP contribution in [0.5, 0.6) is 0 Å². The van der Waals surface area contributed by atoms with Gasteiger partial charge in [-0.2, -0.15) is 0 Å². The van der Waals surface area contributed by atoms with Crippen LogP contribution in [0.25, 0.3) is 16.6 Å². The molecule has 0 bridgehead atoms. The Morgan fingerprint density at radius 3 is 2.15 bits per heavy atom. The first-order valence-electron chi connectivity index (χ1n) is 11.1. The van der Waals surface area contributed by atoms with Crippen LogP contribution in [0.4, 0.5) is 13.2 Å². The van der Waals surface area contributed by atoms with Gasteiger partial charge in [0, 0.05) is 36.3 Å². The predicted molar refractivity (Wildman–Crippen MR) is 129 cm³/mol. The van der Waals surface area contributed by atoms with Crippen LogP contribution < -0.4 is 0 Å². The van der Waals surface area contributed by atoms with E-state index in [1.807, 2.05) is 18.2 Å². The third-order valence-corrected chi connectivity index (χ3v) is 6.38. The Kier molecular flexibility index (Phi) is 7.11. The Balaban J connectivity index is 0.00000259. The summed E-state index contributed by atoms with van der Waals surface area (Å²) in [6.45, 7) is 2.68. The fourth-order valence-electron chi connectivity index (χ4n) is 4.78. The molecule has 0 fully saturated rings. The first-order chi connectivity index (χ1) is 15.6. The highest BCUT2D eigenvalue weighted by Crippen LogP contribution is 2.34. The molecule has 0 atom stereocenters. The molecule has 0 N–H and O–H groups in total. The summed E-state index contributed by atoms with van der Waals surface area (Å²) >= 11 is 0. The molecular weight excluding hydrogens is 445 g/mol. The number of unbranched alkanes of at least 4 members (excludes halogenated alkanes) is 1. The molecule has 2 nitrogen and oxygen atoms in total. The molecule has 6 heteroatoms. The molecule has 1 aliphatic rings. The zero-order valence-electron chi connectivity index (χ0n) is 18.2. The van der Waals surface area contributed by atoms with Crippen LogP contribution >= 0.6 is 12.4 Å². The molecule has 0 aliphatic carbocycles. The van der Waals surface area contributed by atoms with Crippen molar-refractivity contribution in [3.05, 3.63) is 101 Å². The molecule has 1 aliphatic heterocycles. The standard InChI is InChI=1S/C27H25F3N2.ClH/c28-20-6-4-19(5-7-20)3-1-2-15-31-16-14-27-25(18-31)24-17-22(30)10-13-26(24)32(27)23-11-8-21(29)9-12-23;/h4-13,17H,1-3,14-16,18H2;1H. The van der Waals surface area contributed by atoms with Crippen molar-refractivity contribution in [2.75, 3.05) is 13.1 Å². The Morgan fingerprint density at radius 2 is 1.42 bits per heavy atom. The van der Waals surface area contributed by atoms with Crippen molar-refractivity contribution >= 4 is 23.3 Å². The van der Waals surface area contributed by atoms with Gasteiger partial charge in [0.2, 0.25) is 0 Å². The molecular formula is C27H26ClF3N2. The summed E-state index contributed by atoms with van der Waals surface area (Å²) in [7, 11) is 0. The van der Waals surface area contributed by atoms with E-state index in [9.17, 15) is 13.2 Å². The van der Waals surface area contributed by atoms with Gasteiger partial charge in [-0.3, -0.25) is 4.90 Å². The summed E-state index contributed by atoms with van der Waals surface area (Å²) in [6, 6.07) is 18.1. The van der Waals surface area contributed by atoms with Gasteiger partial charge < -0.3 is 4.57 Å². The molecule has 1 aromatic heterocycles. The Morgan fingerprint density at radius 1 is 0.758 bits per heavy atom. The molecule has 5 rings (SSSR count). The van der Waals surface area contributed by atoms with Gasteiger partial charge in [0.1, 0.15) is 17.5 Å². The van der Waals surface area contributed by atoms with E-state index in [1.54, 1.807) is 18.2 Å². The third kappa shape index (κ3) is 4.94. The van der Waals surface area contributed by atoms with Gasteiger partial charge in [0.25, 0.3) is 0 Å². The van der Waals surface area contributed by atoms with Crippen LogP contribution in [0.3, 0.4) is 0 Å². The number of halogens is 4. The largest absolute Gasteiger partial charge is 0.313 e. The molecule has 4 aromatic rings. The Hall–Kier alpha value is -2.76. The van der Waals surface area contributed by atoms with Gasteiger partial charge in [0.05, 0.1) is 5.52 Å². The fourth-order valence-corrected chi connectivity index (χ4v) is 4.78. The molecule has 0 unspecified atom stereocenters. The van der Waals surface area contributed by atoms with Crippen molar-refractivity contribution in [1.29, 1.82) is 0 Å². The summed E-state index contributed by atoms with van der Waals surface area (Å²) in [5, 5.41) is 0.931. The van der Waals surface area contributed by atoms with Crippen LogP contribution in [0.15, 0.2) is 66.7 Å². The molecule has 0 saturated heterocycles. The number of hydrogen-bond acceptors (Lipinski definition) is 1. The van der Waals surface area contributed by atoms with Gasteiger partial charge in [0.15, 0.2) is 0 Å². The van der Waals surface area contributed by atoms with E-state index < -0.39 is 0 Å². The van der Waals surface area contributed by atoms with Crippen molar-refractivity contribution in [1.82, 2.24) is 9.47 Å². The van der Waals surface area contributed by atoms with E-state index in [0.29, 0.717) is 0 Å². The molecule has 33 heavy (non-hydrogen) atoms. The number of aryl methyl sites for hydroxylation is 1. The molecule has 0 amide bonds. The lowest BCUT2D eigenvalue weighted by atomic mass is 10.0. The number of hydrogen-bond donors (Lipinski definition) is 0. The van der Waals surface area contributed by atoms with Crippen LogP contribution in [0, 0.1) is 17.5 Å². The average Bonchev–Trinajstić information content (AvgIpc) is 3.11. The van der Waals surface area contributed by atoms with E-state index in [1.165, 1.54) is 36.0 Å². The lowest BCUT2D eigenvalue weighted by Crippen LogP contribution is -2.31. The quantitative estimate of drug-likeness (QED) is 0.280. The number of benzene rings is 3. The van der Waals surface area contributed by atoms with E-state index >= 15 is 0 Å². The van der Waals surface area contributed by atoms with Crippen LogP contribution in [0.1, 0.15) is 29.7 Å². The maximum atomic E-state index is 14.1. The average molecular weight is 471 g/mol. The molecule has 172 valence electrons. The normalized spacial score (nSPS) is 13.7. The van der Waals surface area contributed by atoms with Crippen molar-refractivity contribution in [2.45, 2.75) is 32.2 Å². The first kappa shape index (κ1) is 23.4. The second kappa shape index (κ2) is 10.0. The third-order valence-electron chi connectivity index (χ3n) is 6.38. The maximum Gasteiger partial charge on any atom is 0.123 e. The van der Waals surface area contributed by atoms with E-state index in [0.717, 1.165) is 73.0 Å². The van der Waals surface area contributed by atoms with Crippen LogP contribution in [0.2, 0.25) is 0 Å². The summed E-state index contributed by atoms with van der Waals surface area (Å²) < 4.78 is 42.8. The number of aromatic nitrogens is 1. The van der Waals surface area contributed by atoms with Gasteiger partial charge in [-0.15, -0.1) is 12.4 Å². The number of rotatable bonds is 6. The van der Waals surface area contributed by atoms with Crippen molar-refractivity contribution < 1.29 is 13.2 Å². The zero-order chi connectivity index (χ0) is 22.1. The minimum Gasteiger partial charge on any atom is -0.313 e. The van der Waals surface area contributed by atoms with Crippen molar-refractivity contribution in [3.8, 4) is 5.69 Å². The summed E-state index contributed by atoms with van der Waals surface area (Å²) in [5.74, 6) is -0.709. The molecule has 0 spiro atoms. The summed E-state index contributed by atoms with van der Waals surface area (Å²) in [5.41, 5.74) is 5.36. The second-order valence-electron chi connectivity index (χ2n) is 8.51. The minimum atomic E-state index is -0.267. The molecule has 3 aromatic carbocycles. The topological polar surface area (TPSA) is 8.17 Å². The summed E-state index contributed by atoms with van der Waals surface area (Å²) in [6.07, 6.45) is 3.90. The first-order valence-corrected chi connectivity index (χ1v) is 11.1. The summed E-state index contributed by atoms with van der Waals surface area (Å²) in [4.78, 5) is 2.42. The predicted octanol–water partition coefficient (Wildman–Crippen LogP) is 6.85. The maximum absolute atomic E-state index is 14.1. The van der Waals surface area contributed by atoms with E-state index in [2.05, 4.69) is 9.47 Å².